The lowest BCUT2D eigenvalue weighted by Gasteiger charge is -2.40. The van der Waals surface area contributed by atoms with Gasteiger partial charge in [0, 0.05) is 31.6 Å². The number of sulfonamides is 1. The molecule has 16 heteroatoms. The van der Waals surface area contributed by atoms with Gasteiger partial charge in [0.05, 0.1) is 28.6 Å². The lowest BCUT2D eigenvalue weighted by molar-refractivity contribution is -0.384. The first-order valence-corrected chi connectivity index (χ1v) is 15.7. The summed E-state index contributed by atoms with van der Waals surface area (Å²) < 4.78 is 56.5. The van der Waals surface area contributed by atoms with Gasteiger partial charge in [-0.3, -0.25) is 14.6 Å². The summed E-state index contributed by atoms with van der Waals surface area (Å²) >= 11 is 0. The molecule has 0 aromatic heterocycles. The zero-order valence-electron chi connectivity index (χ0n) is 22.8. The maximum Gasteiger partial charge on any atom is 0.469 e. The quantitative estimate of drug-likeness (QED) is 0.170. The number of hydrogen-bond acceptors (Lipinski definition) is 9. The average Bonchev–Trinajstić information content (AvgIpc) is 3.40. The van der Waals surface area contributed by atoms with Crippen molar-refractivity contribution in [2.45, 2.75) is 49.8 Å². The smallest absolute Gasteiger partial charge is 0.444 e. The number of nitro benzene ring substituents is 1. The van der Waals surface area contributed by atoms with E-state index in [1.807, 2.05) is 0 Å². The van der Waals surface area contributed by atoms with E-state index in [1.54, 1.807) is 44.2 Å². The van der Waals surface area contributed by atoms with Gasteiger partial charge in [-0.15, -0.1) is 0 Å². The SMILES string of the molecule is CC(C)CN(C[C@@H](OP(=O)(O)O)[C@@](C)(NC(=O)O[C@H]1CCOC1)c1ccccc1)S(=O)(=O)c1ccc([N+](=O)[O-])cc1. The van der Waals surface area contributed by atoms with Crippen molar-refractivity contribution < 1.29 is 46.5 Å². The molecule has 0 aliphatic carbocycles. The van der Waals surface area contributed by atoms with Crippen LogP contribution in [0.25, 0.3) is 0 Å². The molecular formula is C25H34N3O11PS. The van der Waals surface area contributed by atoms with E-state index in [4.69, 9.17) is 14.0 Å². The maximum atomic E-state index is 13.7. The van der Waals surface area contributed by atoms with Gasteiger partial charge in [-0.25, -0.2) is 17.8 Å². The molecule has 1 saturated heterocycles. The molecule has 2 aromatic rings. The van der Waals surface area contributed by atoms with Crippen molar-refractivity contribution in [2.75, 3.05) is 26.3 Å². The molecule has 226 valence electrons. The molecule has 14 nitrogen and oxygen atoms in total. The Kier molecular flexibility index (Phi) is 10.6. The minimum Gasteiger partial charge on any atom is -0.444 e. The van der Waals surface area contributed by atoms with Gasteiger partial charge in [0.1, 0.15) is 12.2 Å². The molecule has 1 heterocycles. The van der Waals surface area contributed by atoms with E-state index in [1.165, 1.54) is 6.92 Å². The van der Waals surface area contributed by atoms with E-state index >= 15 is 0 Å². The highest BCUT2D eigenvalue weighted by Crippen LogP contribution is 2.43. The highest BCUT2D eigenvalue weighted by molar-refractivity contribution is 7.89. The van der Waals surface area contributed by atoms with Crippen LogP contribution in [0, 0.1) is 16.0 Å². The van der Waals surface area contributed by atoms with E-state index in [0.29, 0.717) is 18.6 Å². The Balaban J connectivity index is 2.06. The Labute approximate surface area is 238 Å². The summed E-state index contributed by atoms with van der Waals surface area (Å²) in [5.41, 5.74) is -1.66. The zero-order valence-corrected chi connectivity index (χ0v) is 24.5. The molecule has 0 spiro atoms. The number of carbonyl (C=O) groups is 1. The topological polar surface area (TPSA) is 195 Å². The fourth-order valence-electron chi connectivity index (χ4n) is 4.36. The number of nitrogens with one attached hydrogen (secondary N) is 1. The highest BCUT2D eigenvalue weighted by atomic mass is 32.2. The minimum absolute atomic E-state index is 0.102. The monoisotopic (exact) mass is 615 g/mol. The number of amides is 1. The second-order valence-electron chi connectivity index (χ2n) is 10.1. The van der Waals surface area contributed by atoms with E-state index in [9.17, 15) is 37.7 Å². The Hall–Kier alpha value is -2.91. The van der Waals surface area contributed by atoms with Crippen LogP contribution in [0.5, 0.6) is 0 Å². The molecule has 3 N–H and O–H groups in total. The number of alkyl carbamates (subject to hydrolysis) is 1. The highest BCUT2D eigenvalue weighted by Gasteiger charge is 2.45. The number of rotatable bonds is 13. The number of hydrogen-bond donors (Lipinski definition) is 3. The molecule has 0 saturated carbocycles. The van der Waals surface area contributed by atoms with Crippen LogP contribution in [0.15, 0.2) is 59.5 Å². The second-order valence-corrected chi connectivity index (χ2v) is 13.3. The molecule has 0 radical (unpaired) electrons. The predicted molar refractivity (Wildman–Crippen MR) is 146 cm³/mol. The molecular weight excluding hydrogens is 581 g/mol. The fraction of sp³-hybridized carbons (Fsp3) is 0.480. The Morgan fingerprint density at radius 1 is 1.20 bits per heavy atom. The van der Waals surface area contributed by atoms with Crippen molar-refractivity contribution in [1.82, 2.24) is 9.62 Å². The number of non-ortho nitro benzene ring substituents is 1. The molecule has 3 atom stereocenters. The van der Waals surface area contributed by atoms with E-state index in [0.717, 1.165) is 28.6 Å². The van der Waals surface area contributed by atoms with Gasteiger partial charge in [0.2, 0.25) is 10.0 Å². The van der Waals surface area contributed by atoms with Gasteiger partial charge in [0.25, 0.3) is 5.69 Å². The van der Waals surface area contributed by atoms with Crippen molar-refractivity contribution in [3.8, 4) is 0 Å². The summed E-state index contributed by atoms with van der Waals surface area (Å²) in [5.74, 6) is -0.248. The van der Waals surface area contributed by atoms with Crippen LogP contribution in [0.4, 0.5) is 10.5 Å². The van der Waals surface area contributed by atoms with Gasteiger partial charge >= 0.3 is 13.9 Å². The molecule has 1 amide bonds. The van der Waals surface area contributed by atoms with Gasteiger partial charge in [0.15, 0.2) is 0 Å². The van der Waals surface area contributed by atoms with Crippen LogP contribution in [0.3, 0.4) is 0 Å². The molecule has 3 rings (SSSR count). The molecule has 41 heavy (non-hydrogen) atoms. The summed E-state index contributed by atoms with van der Waals surface area (Å²) in [4.78, 5) is 42.8. The lowest BCUT2D eigenvalue weighted by Crippen LogP contribution is -2.57. The molecule has 0 unspecified atom stereocenters. The molecule has 1 aliphatic heterocycles. The number of nitro groups is 1. The van der Waals surface area contributed by atoms with Crippen LogP contribution in [-0.4, -0.2) is 72.0 Å². The van der Waals surface area contributed by atoms with Crippen molar-refractivity contribution in [3.05, 3.63) is 70.3 Å². The number of carbonyl (C=O) groups excluding carboxylic acids is 1. The van der Waals surface area contributed by atoms with Crippen LogP contribution >= 0.6 is 7.82 Å². The minimum atomic E-state index is -5.25. The van der Waals surface area contributed by atoms with Gasteiger partial charge in [-0.2, -0.15) is 4.31 Å². The first-order valence-electron chi connectivity index (χ1n) is 12.7. The largest absolute Gasteiger partial charge is 0.469 e. The predicted octanol–water partition coefficient (Wildman–Crippen LogP) is 3.15. The number of ether oxygens (including phenoxy) is 2. The summed E-state index contributed by atoms with van der Waals surface area (Å²) in [6.45, 7) is 4.81. The first kappa shape index (κ1) is 32.6. The number of phosphoric ester groups is 1. The Bertz CT molecular complexity index is 1350. The zero-order chi connectivity index (χ0) is 30.4. The number of nitrogens with zero attached hydrogens (tertiary/aromatic N) is 2. The summed E-state index contributed by atoms with van der Waals surface area (Å²) in [5, 5.41) is 13.7. The van der Waals surface area contributed by atoms with E-state index < -0.39 is 53.2 Å². The van der Waals surface area contributed by atoms with Crippen molar-refractivity contribution in [2.24, 2.45) is 5.92 Å². The lowest BCUT2D eigenvalue weighted by atomic mass is 9.86. The molecule has 1 fully saturated rings. The second kappa shape index (κ2) is 13.4. The third-order valence-electron chi connectivity index (χ3n) is 6.43. The van der Waals surface area contributed by atoms with Gasteiger partial charge in [-0.1, -0.05) is 44.2 Å². The molecule has 1 aliphatic rings. The van der Waals surface area contributed by atoms with Crippen molar-refractivity contribution in [3.63, 3.8) is 0 Å². The van der Waals surface area contributed by atoms with Crippen LogP contribution < -0.4 is 5.32 Å². The first-order chi connectivity index (χ1) is 19.1. The van der Waals surface area contributed by atoms with Crippen LogP contribution in [0.2, 0.25) is 0 Å². The molecule has 0 bridgehead atoms. The standard InChI is InChI=1S/C25H34N3O11PS/c1-18(2)15-27(41(35,36)22-11-9-20(10-12-22)28(30)31)16-23(39-40(32,33)34)25(3,19-7-5-4-6-8-19)26-24(29)38-21-13-14-37-17-21/h4-12,18,21,23H,13-17H2,1-3H3,(H,26,29)(H2,32,33,34)/t21-,23+,25-/m0/s1. The summed E-state index contributed by atoms with van der Waals surface area (Å²) in [6.07, 6.45) is -2.62. The maximum absolute atomic E-state index is 13.7. The molecule has 2 aromatic carbocycles. The van der Waals surface area contributed by atoms with E-state index in [-0.39, 0.29) is 29.7 Å². The van der Waals surface area contributed by atoms with Gasteiger partial charge < -0.3 is 24.6 Å². The third-order valence-corrected chi connectivity index (χ3v) is 8.80. The number of phosphoric acid groups is 1. The Morgan fingerprint density at radius 3 is 2.34 bits per heavy atom. The van der Waals surface area contributed by atoms with Crippen LogP contribution in [0.1, 0.15) is 32.8 Å². The summed E-state index contributed by atoms with van der Waals surface area (Å²) in [6, 6.07) is 12.4. The number of benzene rings is 2. The van der Waals surface area contributed by atoms with Crippen molar-refractivity contribution in [1.29, 1.82) is 0 Å². The third kappa shape index (κ3) is 8.79. The van der Waals surface area contributed by atoms with Crippen LogP contribution in [-0.2, 0) is 34.1 Å². The fourth-order valence-corrected chi connectivity index (χ4v) is 6.57. The van der Waals surface area contributed by atoms with Crippen molar-refractivity contribution >= 4 is 29.6 Å². The summed E-state index contributed by atoms with van der Waals surface area (Å²) in [7, 11) is -9.61. The normalized spacial score (nSPS) is 18.2. The van der Waals surface area contributed by atoms with E-state index in [2.05, 4.69) is 5.32 Å². The Morgan fingerprint density at radius 2 is 1.83 bits per heavy atom. The van der Waals surface area contributed by atoms with Gasteiger partial charge in [-0.05, 0) is 30.5 Å². The average molecular weight is 616 g/mol.